The van der Waals surface area contributed by atoms with Crippen LogP contribution < -0.4 is 5.32 Å². The minimum absolute atomic E-state index is 0.615. The molecule has 0 saturated heterocycles. The molecule has 1 aromatic carbocycles. The van der Waals surface area contributed by atoms with Gasteiger partial charge in [0.25, 0.3) is 0 Å². The van der Waals surface area contributed by atoms with Crippen molar-refractivity contribution in [2.24, 2.45) is 0 Å². The number of aryl methyl sites for hydroxylation is 1. The fraction of sp³-hybridized carbons (Fsp3) is 0.222. The predicted octanol–water partition coefficient (Wildman–Crippen LogP) is 1.24. The van der Waals surface area contributed by atoms with E-state index >= 15 is 0 Å². The molecule has 0 aliphatic carbocycles. The molecule has 11 heavy (non-hydrogen) atoms. The highest BCUT2D eigenvalue weighted by atomic mass is 16.1. The van der Waals surface area contributed by atoms with E-state index in [1.54, 1.807) is 0 Å². The zero-order chi connectivity index (χ0) is 8.10. The van der Waals surface area contributed by atoms with E-state index in [-0.39, 0.29) is 0 Å². The fourth-order valence-corrected chi connectivity index (χ4v) is 0.865. The van der Waals surface area contributed by atoms with Crippen molar-refractivity contribution >= 4 is 6.41 Å². The van der Waals surface area contributed by atoms with E-state index in [1.165, 1.54) is 5.56 Å². The summed E-state index contributed by atoms with van der Waals surface area (Å²) >= 11 is 0. The molecule has 0 fully saturated rings. The molecule has 0 saturated carbocycles. The van der Waals surface area contributed by atoms with Crippen LogP contribution in [0.25, 0.3) is 0 Å². The Labute approximate surface area is 66.2 Å². The number of nitrogens with one attached hydrogen (secondary N) is 1. The van der Waals surface area contributed by atoms with Crippen molar-refractivity contribution < 1.29 is 4.79 Å². The van der Waals surface area contributed by atoms with Gasteiger partial charge >= 0.3 is 0 Å². The predicted molar refractivity (Wildman–Crippen MR) is 44.1 cm³/mol. The lowest BCUT2D eigenvalue weighted by Gasteiger charge is -1.98. The molecule has 0 radical (unpaired) electrons. The van der Waals surface area contributed by atoms with Crippen LogP contribution in [0, 0.1) is 6.92 Å². The van der Waals surface area contributed by atoms with Gasteiger partial charge in [0.15, 0.2) is 0 Å². The van der Waals surface area contributed by atoms with Crippen LogP contribution in [-0.2, 0) is 11.3 Å². The summed E-state index contributed by atoms with van der Waals surface area (Å²) in [5.74, 6) is 0. The van der Waals surface area contributed by atoms with Crippen LogP contribution in [0.5, 0.6) is 0 Å². The van der Waals surface area contributed by atoms with Crippen molar-refractivity contribution in [1.82, 2.24) is 5.32 Å². The van der Waals surface area contributed by atoms with Crippen molar-refractivity contribution in [2.45, 2.75) is 13.5 Å². The minimum atomic E-state index is 0.615. The third-order valence-corrected chi connectivity index (χ3v) is 1.51. The third kappa shape index (κ3) is 2.42. The Kier molecular flexibility index (Phi) is 2.66. The van der Waals surface area contributed by atoms with Gasteiger partial charge in [-0.05, 0) is 12.5 Å². The van der Waals surface area contributed by atoms with Gasteiger partial charge in [0.2, 0.25) is 6.41 Å². The number of hydrogen-bond acceptors (Lipinski definition) is 1. The van der Waals surface area contributed by atoms with Crippen LogP contribution in [-0.4, -0.2) is 6.41 Å². The number of carbonyl (C=O) groups is 1. The van der Waals surface area contributed by atoms with Crippen LogP contribution in [0.3, 0.4) is 0 Å². The Bertz CT molecular complexity index is 228. The quantitative estimate of drug-likeness (QED) is 0.644. The van der Waals surface area contributed by atoms with Gasteiger partial charge < -0.3 is 5.32 Å². The standard InChI is InChI=1S/C9H11NO/c1-8-2-4-9(5-3-8)6-10-7-11/h2-5,7H,6H2,1H3,(H,10,11). The Hall–Kier alpha value is -1.31. The molecule has 0 heterocycles. The molecule has 58 valence electrons. The van der Waals surface area contributed by atoms with E-state index in [9.17, 15) is 4.79 Å². The molecule has 0 bridgehead atoms. The Morgan fingerprint density at radius 3 is 2.55 bits per heavy atom. The minimum Gasteiger partial charge on any atom is -0.355 e. The molecule has 0 atom stereocenters. The third-order valence-electron chi connectivity index (χ3n) is 1.51. The fourth-order valence-electron chi connectivity index (χ4n) is 0.865. The summed E-state index contributed by atoms with van der Waals surface area (Å²) in [6, 6.07) is 8.07. The molecular formula is C9H11NO. The first-order valence-electron chi connectivity index (χ1n) is 3.55. The van der Waals surface area contributed by atoms with Gasteiger partial charge in [0.05, 0.1) is 0 Å². The van der Waals surface area contributed by atoms with Gasteiger partial charge in [-0.3, -0.25) is 4.79 Å². The lowest BCUT2D eigenvalue weighted by Crippen LogP contribution is -2.09. The molecule has 1 aromatic rings. The topological polar surface area (TPSA) is 29.1 Å². The highest BCUT2D eigenvalue weighted by Crippen LogP contribution is 2.01. The van der Waals surface area contributed by atoms with Crippen LogP contribution in [0.4, 0.5) is 0 Å². The highest BCUT2D eigenvalue weighted by Gasteiger charge is 1.88. The van der Waals surface area contributed by atoms with Crippen LogP contribution in [0.2, 0.25) is 0 Å². The maximum atomic E-state index is 9.93. The first-order chi connectivity index (χ1) is 5.33. The van der Waals surface area contributed by atoms with Gasteiger partial charge in [0.1, 0.15) is 0 Å². The molecule has 1 amide bonds. The highest BCUT2D eigenvalue weighted by molar-refractivity contribution is 5.46. The number of benzene rings is 1. The number of hydrogen-bond donors (Lipinski definition) is 1. The largest absolute Gasteiger partial charge is 0.355 e. The Morgan fingerprint density at radius 1 is 1.36 bits per heavy atom. The van der Waals surface area contributed by atoms with Crippen molar-refractivity contribution in [3.63, 3.8) is 0 Å². The summed E-state index contributed by atoms with van der Waals surface area (Å²) in [6.07, 6.45) is 0.708. The van der Waals surface area contributed by atoms with Gasteiger partial charge in [-0.1, -0.05) is 29.8 Å². The molecule has 0 aromatic heterocycles. The summed E-state index contributed by atoms with van der Waals surface area (Å²) in [4.78, 5) is 9.93. The van der Waals surface area contributed by atoms with Crippen molar-refractivity contribution in [1.29, 1.82) is 0 Å². The van der Waals surface area contributed by atoms with Gasteiger partial charge in [-0.15, -0.1) is 0 Å². The lowest BCUT2D eigenvalue weighted by molar-refractivity contribution is -0.109. The first-order valence-corrected chi connectivity index (χ1v) is 3.55. The lowest BCUT2D eigenvalue weighted by atomic mass is 10.1. The SMILES string of the molecule is Cc1ccc(CNC=O)cc1. The molecule has 2 heteroatoms. The molecule has 1 N–H and O–H groups in total. The van der Waals surface area contributed by atoms with E-state index in [0.29, 0.717) is 13.0 Å². The monoisotopic (exact) mass is 149 g/mol. The van der Waals surface area contributed by atoms with Crippen LogP contribution in [0.1, 0.15) is 11.1 Å². The van der Waals surface area contributed by atoms with Crippen LogP contribution >= 0.6 is 0 Å². The molecule has 0 spiro atoms. The van der Waals surface area contributed by atoms with Gasteiger partial charge in [-0.25, -0.2) is 0 Å². The van der Waals surface area contributed by atoms with E-state index in [1.807, 2.05) is 31.2 Å². The van der Waals surface area contributed by atoms with Crippen molar-refractivity contribution in [3.05, 3.63) is 35.4 Å². The number of rotatable bonds is 3. The maximum Gasteiger partial charge on any atom is 0.207 e. The summed E-state index contributed by atoms with van der Waals surface area (Å²) in [7, 11) is 0. The second-order valence-corrected chi connectivity index (χ2v) is 2.48. The van der Waals surface area contributed by atoms with Crippen molar-refractivity contribution in [2.75, 3.05) is 0 Å². The summed E-state index contributed by atoms with van der Waals surface area (Å²) in [5.41, 5.74) is 2.36. The zero-order valence-corrected chi connectivity index (χ0v) is 6.50. The molecule has 2 nitrogen and oxygen atoms in total. The van der Waals surface area contributed by atoms with E-state index in [0.717, 1.165) is 5.56 Å². The first kappa shape index (κ1) is 7.79. The average molecular weight is 149 g/mol. The Balaban J connectivity index is 2.58. The van der Waals surface area contributed by atoms with E-state index in [4.69, 9.17) is 0 Å². The smallest absolute Gasteiger partial charge is 0.207 e. The normalized spacial score (nSPS) is 9.18. The molecule has 0 aliphatic heterocycles. The number of carbonyl (C=O) groups excluding carboxylic acids is 1. The molecule has 0 unspecified atom stereocenters. The molecular weight excluding hydrogens is 138 g/mol. The molecule has 1 rings (SSSR count). The average Bonchev–Trinajstić information content (AvgIpc) is 2.04. The summed E-state index contributed by atoms with van der Waals surface area (Å²) in [5, 5.41) is 2.60. The number of amides is 1. The Morgan fingerprint density at radius 2 is 2.00 bits per heavy atom. The van der Waals surface area contributed by atoms with E-state index in [2.05, 4.69) is 5.32 Å². The summed E-state index contributed by atoms with van der Waals surface area (Å²) < 4.78 is 0. The summed E-state index contributed by atoms with van der Waals surface area (Å²) in [6.45, 7) is 2.65. The van der Waals surface area contributed by atoms with Crippen molar-refractivity contribution in [3.8, 4) is 0 Å². The second kappa shape index (κ2) is 3.76. The maximum absolute atomic E-state index is 9.93. The van der Waals surface area contributed by atoms with Crippen LogP contribution in [0.15, 0.2) is 24.3 Å². The molecule has 0 aliphatic rings. The second-order valence-electron chi connectivity index (χ2n) is 2.48. The zero-order valence-electron chi connectivity index (χ0n) is 6.50. The van der Waals surface area contributed by atoms with Gasteiger partial charge in [0, 0.05) is 6.54 Å². The van der Waals surface area contributed by atoms with E-state index < -0.39 is 0 Å². The van der Waals surface area contributed by atoms with Gasteiger partial charge in [-0.2, -0.15) is 0 Å².